The lowest BCUT2D eigenvalue weighted by atomic mass is 10.7. The molecule has 0 atom stereocenters. The van der Waals surface area contributed by atoms with E-state index in [9.17, 15) is 17.2 Å². The van der Waals surface area contributed by atoms with Crippen LogP contribution in [0.25, 0.3) is 0 Å². The smallest absolute Gasteiger partial charge is 0.232 e. The number of hydrogen-bond acceptors (Lipinski definition) is 4. The van der Waals surface area contributed by atoms with Gasteiger partial charge in [-0.05, 0) is 0 Å². The fourth-order valence-corrected chi connectivity index (χ4v) is 2.95. The van der Waals surface area contributed by atoms with Crippen molar-refractivity contribution < 1.29 is 17.2 Å². The van der Waals surface area contributed by atoms with Crippen molar-refractivity contribution in [3.8, 4) is 0 Å². The summed E-state index contributed by atoms with van der Waals surface area (Å²) in [6.07, 6.45) is -1.71. The number of nitrogens with zero attached hydrogens (tertiary/aromatic N) is 1. The summed E-state index contributed by atoms with van der Waals surface area (Å²) in [6, 6.07) is 0. The van der Waals surface area contributed by atoms with Crippen molar-refractivity contribution >= 4 is 33.0 Å². The predicted molar refractivity (Wildman–Crippen MR) is 48.3 cm³/mol. The average molecular weight is 263 g/mol. The van der Waals surface area contributed by atoms with Gasteiger partial charge in [0, 0.05) is 0 Å². The third-order valence-corrected chi connectivity index (χ3v) is 4.15. The molecule has 0 spiro atoms. The number of hydrogen-bond donors (Lipinski definition) is 1. The summed E-state index contributed by atoms with van der Waals surface area (Å²) in [6.45, 7) is -0.919. The van der Waals surface area contributed by atoms with Gasteiger partial charge in [-0.1, -0.05) is 22.9 Å². The summed E-state index contributed by atoms with van der Waals surface area (Å²) in [5.74, 6) is 0. The largest absolute Gasteiger partial charge is 0.251 e. The van der Waals surface area contributed by atoms with E-state index in [0.29, 0.717) is 11.3 Å². The van der Waals surface area contributed by atoms with Crippen molar-refractivity contribution in [2.75, 3.05) is 6.54 Å². The molecule has 4 nitrogen and oxygen atoms in total. The quantitative estimate of drug-likeness (QED) is 0.891. The molecule has 0 fully saturated rings. The van der Waals surface area contributed by atoms with Crippen LogP contribution in [-0.4, -0.2) is 26.4 Å². The second-order valence-corrected chi connectivity index (χ2v) is 5.78. The normalized spacial score (nSPS) is 12.3. The first-order chi connectivity index (χ1) is 6.42. The van der Waals surface area contributed by atoms with E-state index in [4.69, 9.17) is 11.6 Å². The summed E-state index contributed by atoms with van der Waals surface area (Å²) in [5.41, 5.74) is 0. The van der Waals surface area contributed by atoms with Gasteiger partial charge in [0.1, 0.15) is 0 Å². The fraction of sp³-hybridized carbons (Fsp3) is 0.400. The number of thiazole rings is 1. The van der Waals surface area contributed by atoms with Gasteiger partial charge in [-0.25, -0.2) is 26.9 Å². The summed E-state index contributed by atoms with van der Waals surface area (Å²) >= 11 is 6.10. The van der Waals surface area contributed by atoms with Crippen LogP contribution < -0.4 is 4.72 Å². The van der Waals surface area contributed by atoms with Gasteiger partial charge in [-0.15, -0.1) is 0 Å². The average Bonchev–Trinajstić information content (AvgIpc) is 2.49. The molecular weight excluding hydrogens is 258 g/mol. The maximum Gasteiger partial charge on any atom is 0.251 e. The van der Waals surface area contributed by atoms with Crippen molar-refractivity contribution in [1.82, 2.24) is 9.71 Å². The molecule has 0 bridgehead atoms. The molecule has 0 aliphatic heterocycles. The van der Waals surface area contributed by atoms with Gasteiger partial charge in [-0.3, -0.25) is 0 Å². The maximum atomic E-state index is 11.7. The highest BCUT2D eigenvalue weighted by Gasteiger charge is 2.18. The molecule has 0 saturated heterocycles. The molecule has 1 aromatic heterocycles. The molecule has 0 saturated carbocycles. The number of aromatic nitrogens is 1. The molecule has 9 heteroatoms. The van der Waals surface area contributed by atoms with Crippen molar-refractivity contribution in [3.63, 3.8) is 0 Å². The van der Waals surface area contributed by atoms with Crippen LogP contribution in [0.3, 0.4) is 0 Å². The number of sulfonamides is 1. The lowest BCUT2D eigenvalue weighted by Gasteiger charge is -2.02. The molecule has 0 aliphatic carbocycles. The highest BCUT2D eigenvalue weighted by atomic mass is 35.5. The molecule has 0 aliphatic rings. The molecule has 1 N–H and O–H groups in total. The minimum Gasteiger partial charge on any atom is -0.232 e. The molecule has 14 heavy (non-hydrogen) atoms. The number of halogens is 3. The molecule has 1 aromatic rings. The topological polar surface area (TPSA) is 59.1 Å². The van der Waals surface area contributed by atoms with Crippen LogP contribution in [0.15, 0.2) is 10.4 Å². The number of alkyl halides is 2. The van der Waals surface area contributed by atoms with Gasteiger partial charge in [-0.2, -0.15) is 0 Å². The van der Waals surface area contributed by atoms with Gasteiger partial charge in [0.25, 0.3) is 16.4 Å². The summed E-state index contributed by atoms with van der Waals surface area (Å²) in [5, 5.41) is 0. The Morgan fingerprint density at radius 2 is 2.29 bits per heavy atom. The molecule has 0 unspecified atom stereocenters. The Bertz CT molecular complexity index is 406. The Balaban J connectivity index is 2.76. The molecular formula is C5H5ClF2N2O2S2. The molecule has 80 valence electrons. The van der Waals surface area contributed by atoms with E-state index in [-0.39, 0.29) is 8.68 Å². The Morgan fingerprint density at radius 1 is 1.64 bits per heavy atom. The molecule has 0 amide bonds. The minimum atomic E-state index is -3.89. The van der Waals surface area contributed by atoms with Crippen molar-refractivity contribution in [2.24, 2.45) is 0 Å². The van der Waals surface area contributed by atoms with Crippen LogP contribution in [0.1, 0.15) is 0 Å². The molecule has 1 heterocycles. The summed E-state index contributed by atoms with van der Waals surface area (Å²) < 4.78 is 47.5. The van der Waals surface area contributed by atoms with E-state index in [0.717, 1.165) is 6.20 Å². The van der Waals surface area contributed by atoms with E-state index < -0.39 is 23.0 Å². The second-order valence-electron chi connectivity index (χ2n) is 2.18. The lowest BCUT2D eigenvalue weighted by Crippen LogP contribution is -2.28. The molecule has 1 rings (SSSR count). The molecule has 0 radical (unpaired) electrons. The van der Waals surface area contributed by atoms with Crippen molar-refractivity contribution in [1.29, 1.82) is 0 Å². The number of nitrogens with one attached hydrogen (secondary N) is 1. The Morgan fingerprint density at radius 3 is 2.71 bits per heavy atom. The first kappa shape index (κ1) is 11.8. The van der Waals surface area contributed by atoms with E-state index in [1.165, 1.54) is 0 Å². The Kier molecular flexibility index (Phi) is 3.76. The summed E-state index contributed by atoms with van der Waals surface area (Å²) in [4.78, 5) is 3.49. The van der Waals surface area contributed by atoms with Gasteiger partial charge < -0.3 is 0 Å². The Labute approximate surface area is 88.0 Å². The van der Waals surface area contributed by atoms with Gasteiger partial charge in [0.15, 0.2) is 8.68 Å². The zero-order valence-corrected chi connectivity index (χ0v) is 8.96. The van der Waals surface area contributed by atoms with Gasteiger partial charge in [0.05, 0.1) is 12.7 Å². The van der Waals surface area contributed by atoms with Gasteiger partial charge >= 0.3 is 0 Å². The van der Waals surface area contributed by atoms with Crippen molar-refractivity contribution in [3.05, 3.63) is 10.7 Å². The van der Waals surface area contributed by atoms with E-state index in [1.54, 1.807) is 4.72 Å². The van der Waals surface area contributed by atoms with Gasteiger partial charge in [0.2, 0.25) is 0 Å². The zero-order chi connectivity index (χ0) is 10.8. The highest BCUT2D eigenvalue weighted by molar-refractivity contribution is 7.91. The Hall–Kier alpha value is -0.310. The van der Waals surface area contributed by atoms with Crippen LogP contribution in [0.4, 0.5) is 8.78 Å². The minimum absolute atomic E-state index is 0.0439. The lowest BCUT2D eigenvalue weighted by molar-refractivity contribution is 0.153. The maximum absolute atomic E-state index is 11.7. The second kappa shape index (κ2) is 4.47. The fourth-order valence-electron chi connectivity index (χ4n) is 0.607. The summed E-state index contributed by atoms with van der Waals surface area (Å²) in [7, 11) is -3.89. The van der Waals surface area contributed by atoms with E-state index in [2.05, 4.69) is 4.98 Å². The van der Waals surface area contributed by atoms with Crippen LogP contribution in [0.5, 0.6) is 0 Å². The van der Waals surface area contributed by atoms with Crippen LogP contribution in [0.2, 0.25) is 4.47 Å². The first-order valence-corrected chi connectivity index (χ1v) is 5.99. The molecule has 0 aromatic carbocycles. The van der Waals surface area contributed by atoms with Crippen LogP contribution >= 0.6 is 22.9 Å². The van der Waals surface area contributed by atoms with Crippen molar-refractivity contribution in [2.45, 2.75) is 10.6 Å². The predicted octanol–water partition coefficient (Wildman–Crippen LogP) is 1.34. The zero-order valence-electron chi connectivity index (χ0n) is 6.58. The highest BCUT2D eigenvalue weighted by Crippen LogP contribution is 2.21. The number of rotatable bonds is 4. The van der Waals surface area contributed by atoms with Crippen LogP contribution in [-0.2, 0) is 10.0 Å². The van der Waals surface area contributed by atoms with E-state index >= 15 is 0 Å². The monoisotopic (exact) mass is 262 g/mol. The third kappa shape index (κ3) is 3.12. The van der Waals surface area contributed by atoms with E-state index in [1.807, 2.05) is 0 Å². The SMILES string of the molecule is O=S(=O)(NCC(F)F)c1cnc(Cl)s1. The first-order valence-electron chi connectivity index (χ1n) is 3.31. The van der Waals surface area contributed by atoms with Crippen LogP contribution in [0, 0.1) is 0 Å². The standard InChI is InChI=1S/C5H5ClF2N2O2S2/c6-5-9-2-4(13-5)14(11,12)10-1-3(7)8/h2-3,10H,1H2. The third-order valence-electron chi connectivity index (χ3n) is 1.15.